The van der Waals surface area contributed by atoms with Crippen LogP contribution in [0.1, 0.15) is 44.3 Å². The number of aliphatic hydroxyl groups is 1. The van der Waals surface area contributed by atoms with Gasteiger partial charge in [0.25, 0.3) is 0 Å². The summed E-state index contributed by atoms with van der Waals surface area (Å²) in [6.07, 6.45) is 3.28. The summed E-state index contributed by atoms with van der Waals surface area (Å²) in [5, 5.41) is 17.1. The minimum Gasteiger partial charge on any atom is -0.388 e. The lowest BCUT2D eigenvalue weighted by Gasteiger charge is -2.29. The van der Waals surface area contributed by atoms with Gasteiger partial charge in [0.05, 0.1) is 6.10 Å². The normalized spacial score (nSPS) is 26.7. The molecule has 23 heavy (non-hydrogen) atoms. The van der Waals surface area contributed by atoms with Gasteiger partial charge in [-0.15, -0.1) is 12.4 Å². The van der Waals surface area contributed by atoms with Gasteiger partial charge in [-0.3, -0.25) is 4.79 Å². The predicted octanol–water partition coefficient (Wildman–Crippen LogP) is 2.43. The number of benzene rings is 1. The molecule has 1 aliphatic heterocycles. The van der Waals surface area contributed by atoms with Crippen molar-refractivity contribution in [3.63, 3.8) is 0 Å². The Morgan fingerprint density at radius 1 is 1.39 bits per heavy atom. The third kappa shape index (κ3) is 4.25. The third-order valence-electron chi connectivity index (χ3n) is 5.20. The molecular formula is C18H27ClN2O2. The number of hydrogen-bond acceptors (Lipinski definition) is 3. The van der Waals surface area contributed by atoms with Crippen LogP contribution in [0.25, 0.3) is 0 Å². The smallest absolute Gasteiger partial charge is 0.223 e. The van der Waals surface area contributed by atoms with Crippen LogP contribution >= 0.6 is 12.4 Å². The van der Waals surface area contributed by atoms with Gasteiger partial charge in [-0.05, 0) is 44.7 Å². The van der Waals surface area contributed by atoms with Crippen molar-refractivity contribution in [3.05, 3.63) is 35.9 Å². The Bertz CT molecular complexity index is 519. The Balaban J connectivity index is 0.00000192. The fourth-order valence-corrected chi connectivity index (χ4v) is 3.47. The number of carbonyl (C=O) groups is 1. The van der Waals surface area contributed by atoms with E-state index in [1.807, 2.05) is 30.3 Å². The Morgan fingerprint density at radius 3 is 2.70 bits per heavy atom. The van der Waals surface area contributed by atoms with Crippen LogP contribution < -0.4 is 10.6 Å². The minimum atomic E-state index is -0.485. The van der Waals surface area contributed by atoms with Crippen LogP contribution in [-0.4, -0.2) is 30.1 Å². The van der Waals surface area contributed by atoms with E-state index in [-0.39, 0.29) is 29.6 Å². The lowest BCUT2D eigenvalue weighted by Crippen LogP contribution is -2.44. The Kier molecular flexibility index (Phi) is 6.06. The van der Waals surface area contributed by atoms with Crippen molar-refractivity contribution in [2.24, 2.45) is 11.3 Å². The zero-order valence-corrected chi connectivity index (χ0v) is 14.4. The monoisotopic (exact) mass is 338 g/mol. The molecule has 1 saturated heterocycles. The lowest BCUT2D eigenvalue weighted by atomic mass is 9.90. The molecule has 0 radical (unpaired) electrons. The van der Waals surface area contributed by atoms with Crippen molar-refractivity contribution in [3.8, 4) is 0 Å². The molecule has 1 saturated carbocycles. The lowest BCUT2D eigenvalue weighted by molar-refractivity contribution is -0.126. The molecule has 2 fully saturated rings. The van der Waals surface area contributed by atoms with Crippen LogP contribution in [0.5, 0.6) is 0 Å². The Hall–Kier alpha value is -1.10. The van der Waals surface area contributed by atoms with Crippen molar-refractivity contribution < 1.29 is 9.90 Å². The van der Waals surface area contributed by atoms with Crippen LogP contribution in [0.4, 0.5) is 0 Å². The maximum atomic E-state index is 12.4. The molecule has 2 aliphatic rings. The molecule has 1 heterocycles. The van der Waals surface area contributed by atoms with Crippen LogP contribution in [0.3, 0.4) is 0 Å². The standard InChI is InChI=1S/C18H26N2O2.ClH/c1-13-11-15(7-10-19-13)17(22)20-12-18(8-9-18)16(21)14-5-3-2-4-6-14;/h2-6,13,15-16,19,21H,7-12H2,1H3,(H,20,22);1H/t13-,15-,16?;/m0./s1. The highest BCUT2D eigenvalue weighted by molar-refractivity contribution is 5.85. The van der Waals surface area contributed by atoms with E-state index in [0.717, 1.165) is 37.8 Å². The largest absolute Gasteiger partial charge is 0.388 e. The average molecular weight is 339 g/mol. The predicted molar refractivity (Wildman–Crippen MR) is 93.5 cm³/mol. The van der Waals surface area contributed by atoms with E-state index < -0.39 is 6.10 Å². The van der Waals surface area contributed by atoms with Crippen LogP contribution in [0.15, 0.2) is 30.3 Å². The van der Waals surface area contributed by atoms with E-state index in [2.05, 4.69) is 17.6 Å². The minimum absolute atomic E-state index is 0. The van der Waals surface area contributed by atoms with Gasteiger partial charge >= 0.3 is 0 Å². The molecule has 1 aromatic carbocycles. The second kappa shape index (κ2) is 7.65. The first-order valence-corrected chi connectivity index (χ1v) is 8.35. The highest BCUT2D eigenvalue weighted by atomic mass is 35.5. The summed E-state index contributed by atoms with van der Waals surface area (Å²) < 4.78 is 0. The summed E-state index contributed by atoms with van der Waals surface area (Å²) >= 11 is 0. The average Bonchev–Trinajstić information content (AvgIpc) is 3.34. The number of halogens is 1. The summed E-state index contributed by atoms with van der Waals surface area (Å²) in [5.41, 5.74) is 0.792. The van der Waals surface area contributed by atoms with E-state index in [1.54, 1.807) is 0 Å². The molecule has 128 valence electrons. The maximum Gasteiger partial charge on any atom is 0.223 e. The van der Waals surface area contributed by atoms with Crippen molar-refractivity contribution in [1.29, 1.82) is 0 Å². The molecule has 3 N–H and O–H groups in total. The second-order valence-electron chi connectivity index (χ2n) is 6.97. The molecule has 1 amide bonds. The molecule has 1 aromatic rings. The zero-order chi connectivity index (χ0) is 15.6. The third-order valence-corrected chi connectivity index (χ3v) is 5.20. The number of carbonyl (C=O) groups excluding carboxylic acids is 1. The molecular weight excluding hydrogens is 312 g/mol. The molecule has 3 rings (SSSR count). The maximum absolute atomic E-state index is 12.4. The van der Waals surface area contributed by atoms with E-state index in [1.165, 1.54) is 0 Å². The fourth-order valence-electron chi connectivity index (χ4n) is 3.47. The van der Waals surface area contributed by atoms with E-state index >= 15 is 0 Å². The Morgan fingerprint density at radius 2 is 2.09 bits per heavy atom. The second-order valence-corrected chi connectivity index (χ2v) is 6.97. The summed E-state index contributed by atoms with van der Waals surface area (Å²) in [6.45, 7) is 3.62. The molecule has 0 aromatic heterocycles. The first-order valence-electron chi connectivity index (χ1n) is 8.35. The van der Waals surface area contributed by atoms with Gasteiger partial charge in [-0.2, -0.15) is 0 Å². The molecule has 5 heteroatoms. The summed E-state index contributed by atoms with van der Waals surface area (Å²) in [4.78, 5) is 12.4. The van der Waals surface area contributed by atoms with Crippen LogP contribution in [-0.2, 0) is 4.79 Å². The summed E-state index contributed by atoms with van der Waals surface area (Å²) in [6, 6.07) is 10.2. The zero-order valence-electron chi connectivity index (χ0n) is 13.6. The molecule has 4 nitrogen and oxygen atoms in total. The SMILES string of the molecule is C[C@H]1C[C@@H](C(=O)NCC2(C(O)c3ccccc3)CC2)CCN1.Cl. The van der Waals surface area contributed by atoms with Crippen molar-refractivity contribution in [1.82, 2.24) is 10.6 Å². The van der Waals surface area contributed by atoms with Gasteiger partial charge < -0.3 is 15.7 Å². The quantitative estimate of drug-likeness (QED) is 0.772. The molecule has 0 spiro atoms. The molecule has 1 unspecified atom stereocenters. The van der Waals surface area contributed by atoms with Crippen LogP contribution in [0.2, 0.25) is 0 Å². The summed E-state index contributed by atoms with van der Waals surface area (Å²) in [7, 11) is 0. The van der Waals surface area contributed by atoms with Gasteiger partial charge in [-0.1, -0.05) is 30.3 Å². The van der Waals surface area contributed by atoms with E-state index in [0.29, 0.717) is 12.6 Å². The number of piperidine rings is 1. The first kappa shape index (κ1) is 18.2. The Labute approximate surface area is 144 Å². The number of rotatable bonds is 5. The van der Waals surface area contributed by atoms with E-state index in [9.17, 15) is 9.90 Å². The number of aliphatic hydroxyl groups excluding tert-OH is 1. The highest BCUT2D eigenvalue weighted by Crippen LogP contribution is 2.54. The molecule has 0 bridgehead atoms. The van der Waals surface area contributed by atoms with Crippen molar-refractivity contribution in [2.75, 3.05) is 13.1 Å². The topological polar surface area (TPSA) is 61.4 Å². The van der Waals surface area contributed by atoms with Gasteiger partial charge in [0.15, 0.2) is 0 Å². The number of nitrogens with one attached hydrogen (secondary N) is 2. The fraction of sp³-hybridized carbons (Fsp3) is 0.611. The number of amides is 1. The summed E-state index contributed by atoms with van der Waals surface area (Å²) in [5.74, 6) is 0.265. The molecule has 1 aliphatic carbocycles. The van der Waals surface area contributed by atoms with Gasteiger partial charge in [-0.25, -0.2) is 0 Å². The van der Waals surface area contributed by atoms with Crippen LogP contribution in [0, 0.1) is 11.3 Å². The van der Waals surface area contributed by atoms with Crippen molar-refractivity contribution in [2.45, 2.75) is 44.8 Å². The number of hydrogen-bond donors (Lipinski definition) is 3. The van der Waals surface area contributed by atoms with E-state index in [4.69, 9.17) is 0 Å². The molecule has 3 atom stereocenters. The van der Waals surface area contributed by atoms with Crippen molar-refractivity contribution >= 4 is 18.3 Å². The highest BCUT2D eigenvalue weighted by Gasteiger charge is 2.49. The first-order chi connectivity index (χ1) is 10.6. The van der Waals surface area contributed by atoms with Gasteiger partial charge in [0, 0.05) is 23.9 Å². The van der Waals surface area contributed by atoms with Gasteiger partial charge in [0.1, 0.15) is 0 Å². The van der Waals surface area contributed by atoms with Gasteiger partial charge in [0.2, 0.25) is 5.91 Å².